The quantitative estimate of drug-likeness (QED) is 0.367. The standard InChI is InChI=1S/C23H22BrCl2NO2/c1-15-3-5-16(6-4-15)12-27-13-19-20(24)9-10-22(28-2)23(19)29-14-17-7-8-18(25)11-21(17)26/h3-11,27H,12-14H2,1-2H3. The first-order valence-corrected chi connectivity index (χ1v) is 10.7. The molecule has 0 radical (unpaired) electrons. The van der Waals surface area contributed by atoms with Gasteiger partial charge in [0.1, 0.15) is 6.61 Å². The van der Waals surface area contributed by atoms with E-state index in [2.05, 4.69) is 52.4 Å². The first kappa shape index (κ1) is 22.0. The summed E-state index contributed by atoms with van der Waals surface area (Å²) in [6.07, 6.45) is 0. The van der Waals surface area contributed by atoms with Crippen LogP contribution in [0.2, 0.25) is 10.0 Å². The van der Waals surface area contributed by atoms with Crippen LogP contribution in [-0.4, -0.2) is 7.11 Å². The van der Waals surface area contributed by atoms with Crippen molar-refractivity contribution < 1.29 is 9.47 Å². The van der Waals surface area contributed by atoms with Crippen LogP contribution < -0.4 is 14.8 Å². The minimum absolute atomic E-state index is 0.313. The maximum absolute atomic E-state index is 6.29. The number of methoxy groups -OCH3 is 1. The Morgan fingerprint density at radius 1 is 0.966 bits per heavy atom. The van der Waals surface area contributed by atoms with Crippen LogP contribution in [0.5, 0.6) is 11.5 Å². The van der Waals surface area contributed by atoms with E-state index in [1.807, 2.05) is 18.2 Å². The molecule has 29 heavy (non-hydrogen) atoms. The van der Waals surface area contributed by atoms with Gasteiger partial charge in [-0.05, 0) is 36.8 Å². The number of hydrogen-bond acceptors (Lipinski definition) is 3. The van der Waals surface area contributed by atoms with Crippen LogP contribution in [0.25, 0.3) is 0 Å². The molecule has 0 amide bonds. The lowest BCUT2D eigenvalue weighted by molar-refractivity contribution is 0.280. The summed E-state index contributed by atoms with van der Waals surface area (Å²) < 4.78 is 12.6. The zero-order chi connectivity index (χ0) is 20.8. The molecule has 0 atom stereocenters. The van der Waals surface area contributed by atoms with Crippen molar-refractivity contribution in [2.24, 2.45) is 0 Å². The van der Waals surface area contributed by atoms with Crippen molar-refractivity contribution in [1.82, 2.24) is 5.32 Å². The summed E-state index contributed by atoms with van der Waals surface area (Å²) >= 11 is 15.9. The third-order valence-electron chi connectivity index (χ3n) is 4.53. The monoisotopic (exact) mass is 493 g/mol. The molecule has 0 aliphatic rings. The molecule has 0 spiro atoms. The maximum atomic E-state index is 6.29. The van der Waals surface area contributed by atoms with Gasteiger partial charge in [0.15, 0.2) is 11.5 Å². The van der Waals surface area contributed by atoms with Gasteiger partial charge in [0.05, 0.1) is 7.11 Å². The lowest BCUT2D eigenvalue weighted by Crippen LogP contribution is -2.14. The average Bonchev–Trinajstić information content (AvgIpc) is 2.70. The predicted molar refractivity (Wildman–Crippen MR) is 123 cm³/mol. The van der Waals surface area contributed by atoms with Gasteiger partial charge in [-0.25, -0.2) is 0 Å². The molecule has 3 nitrogen and oxygen atoms in total. The zero-order valence-corrected chi connectivity index (χ0v) is 19.4. The highest BCUT2D eigenvalue weighted by atomic mass is 79.9. The minimum Gasteiger partial charge on any atom is -0.493 e. The van der Waals surface area contributed by atoms with Crippen molar-refractivity contribution in [3.63, 3.8) is 0 Å². The molecule has 1 N–H and O–H groups in total. The van der Waals surface area contributed by atoms with Gasteiger partial charge in [0.2, 0.25) is 0 Å². The molecule has 0 bridgehead atoms. The SMILES string of the molecule is COc1ccc(Br)c(CNCc2ccc(C)cc2)c1OCc1ccc(Cl)cc1Cl. The molecule has 0 saturated heterocycles. The Morgan fingerprint density at radius 2 is 1.72 bits per heavy atom. The van der Waals surface area contributed by atoms with Crippen molar-refractivity contribution in [3.8, 4) is 11.5 Å². The first-order valence-electron chi connectivity index (χ1n) is 9.16. The Bertz CT molecular complexity index is 977. The summed E-state index contributed by atoms with van der Waals surface area (Å²) in [6.45, 7) is 3.77. The van der Waals surface area contributed by atoms with Crippen LogP contribution in [-0.2, 0) is 19.7 Å². The van der Waals surface area contributed by atoms with Crippen LogP contribution in [0.3, 0.4) is 0 Å². The molecular formula is C23H22BrCl2NO2. The zero-order valence-electron chi connectivity index (χ0n) is 16.3. The fourth-order valence-electron chi connectivity index (χ4n) is 2.89. The lowest BCUT2D eigenvalue weighted by Gasteiger charge is -2.18. The Labute approximate surface area is 190 Å². The van der Waals surface area contributed by atoms with Gasteiger partial charge in [-0.1, -0.05) is 75.0 Å². The maximum Gasteiger partial charge on any atom is 0.167 e. The summed E-state index contributed by atoms with van der Waals surface area (Å²) in [5.74, 6) is 1.36. The fraction of sp³-hybridized carbons (Fsp3) is 0.217. The van der Waals surface area contributed by atoms with E-state index in [0.717, 1.165) is 22.1 Å². The summed E-state index contributed by atoms with van der Waals surface area (Å²) in [7, 11) is 1.63. The number of benzene rings is 3. The van der Waals surface area contributed by atoms with Crippen molar-refractivity contribution >= 4 is 39.1 Å². The van der Waals surface area contributed by atoms with E-state index in [9.17, 15) is 0 Å². The van der Waals surface area contributed by atoms with Crippen LogP contribution >= 0.6 is 39.1 Å². The molecule has 3 aromatic rings. The molecule has 0 fully saturated rings. The Morgan fingerprint density at radius 3 is 2.41 bits per heavy atom. The van der Waals surface area contributed by atoms with E-state index in [4.69, 9.17) is 32.7 Å². The molecule has 3 aromatic carbocycles. The molecule has 152 valence electrons. The van der Waals surface area contributed by atoms with Gasteiger partial charge in [-0.15, -0.1) is 0 Å². The Balaban J connectivity index is 1.76. The third kappa shape index (κ3) is 5.89. The smallest absolute Gasteiger partial charge is 0.167 e. The molecule has 6 heteroatoms. The average molecular weight is 495 g/mol. The summed E-state index contributed by atoms with van der Waals surface area (Å²) in [5, 5.41) is 4.65. The summed E-state index contributed by atoms with van der Waals surface area (Å²) in [5.41, 5.74) is 4.32. The molecule has 3 rings (SSSR count). The van der Waals surface area contributed by atoms with E-state index in [0.29, 0.717) is 34.7 Å². The van der Waals surface area contributed by atoms with E-state index in [1.165, 1.54) is 11.1 Å². The van der Waals surface area contributed by atoms with Crippen LogP contribution in [0.15, 0.2) is 59.1 Å². The fourth-order valence-corrected chi connectivity index (χ4v) is 3.81. The van der Waals surface area contributed by atoms with E-state index in [-0.39, 0.29) is 0 Å². The molecular weight excluding hydrogens is 473 g/mol. The highest BCUT2D eigenvalue weighted by molar-refractivity contribution is 9.10. The Hall–Kier alpha value is -1.72. The highest BCUT2D eigenvalue weighted by Crippen LogP contribution is 2.37. The summed E-state index contributed by atoms with van der Waals surface area (Å²) in [4.78, 5) is 0. The van der Waals surface area contributed by atoms with Gasteiger partial charge < -0.3 is 14.8 Å². The normalized spacial score (nSPS) is 10.8. The molecule has 0 aromatic heterocycles. The first-order chi connectivity index (χ1) is 14.0. The highest BCUT2D eigenvalue weighted by Gasteiger charge is 2.15. The molecule has 0 aliphatic carbocycles. The number of halogens is 3. The number of ether oxygens (including phenoxy) is 2. The second kappa shape index (κ2) is 10.4. The third-order valence-corrected chi connectivity index (χ3v) is 5.86. The summed E-state index contributed by atoms with van der Waals surface area (Å²) in [6, 6.07) is 17.7. The van der Waals surface area contributed by atoms with Crippen molar-refractivity contribution in [3.05, 3.63) is 91.4 Å². The van der Waals surface area contributed by atoms with E-state index >= 15 is 0 Å². The number of aryl methyl sites for hydroxylation is 1. The van der Waals surface area contributed by atoms with E-state index in [1.54, 1.807) is 19.2 Å². The van der Waals surface area contributed by atoms with Gasteiger partial charge in [0.25, 0.3) is 0 Å². The molecule has 0 saturated carbocycles. The van der Waals surface area contributed by atoms with Crippen molar-refractivity contribution in [2.75, 3.05) is 7.11 Å². The molecule has 0 heterocycles. The molecule has 0 unspecified atom stereocenters. The van der Waals surface area contributed by atoms with Crippen LogP contribution in [0.1, 0.15) is 22.3 Å². The Kier molecular flexibility index (Phi) is 7.84. The second-order valence-corrected chi connectivity index (χ2v) is 8.37. The van der Waals surface area contributed by atoms with Gasteiger partial charge in [-0.2, -0.15) is 0 Å². The van der Waals surface area contributed by atoms with Crippen molar-refractivity contribution in [1.29, 1.82) is 0 Å². The minimum atomic E-state index is 0.313. The van der Waals surface area contributed by atoms with Gasteiger partial charge >= 0.3 is 0 Å². The lowest BCUT2D eigenvalue weighted by atomic mass is 10.1. The second-order valence-electron chi connectivity index (χ2n) is 6.67. The van der Waals surface area contributed by atoms with E-state index < -0.39 is 0 Å². The number of nitrogens with one attached hydrogen (secondary N) is 1. The molecule has 0 aliphatic heterocycles. The van der Waals surface area contributed by atoms with Crippen LogP contribution in [0, 0.1) is 6.92 Å². The number of rotatable bonds is 8. The van der Waals surface area contributed by atoms with Crippen LogP contribution in [0.4, 0.5) is 0 Å². The predicted octanol–water partition coefficient (Wildman–Crippen LogP) is 6.94. The number of hydrogen-bond donors (Lipinski definition) is 1. The topological polar surface area (TPSA) is 30.5 Å². The van der Waals surface area contributed by atoms with Crippen molar-refractivity contribution in [2.45, 2.75) is 26.6 Å². The van der Waals surface area contributed by atoms with Gasteiger partial charge in [-0.3, -0.25) is 0 Å². The van der Waals surface area contributed by atoms with Gasteiger partial charge in [0, 0.05) is 38.7 Å². The largest absolute Gasteiger partial charge is 0.493 e.